The molecule has 0 radical (unpaired) electrons. The van der Waals surface area contributed by atoms with Gasteiger partial charge in [0.05, 0.1) is 6.10 Å². The van der Waals surface area contributed by atoms with E-state index in [1.165, 1.54) is 56.1 Å². The van der Waals surface area contributed by atoms with Crippen LogP contribution in [0, 0.1) is 0 Å². The zero-order valence-electron chi connectivity index (χ0n) is 13.3. The molecule has 1 saturated carbocycles. The first-order valence-electron chi connectivity index (χ1n) is 8.75. The van der Waals surface area contributed by atoms with Crippen molar-refractivity contribution in [3.63, 3.8) is 0 Å². The number of fused-ring (bicyclic) bond motifs is 1. The van der Waals surface area contributed by atoms with Crippen molar-refractivity contribution in [1.82, 2.24) is 4.90 Å². The van der Waals surface area contributed by atoms with Crippen molar-refractivity contribution in [2.24, 2.45) is 0 Å². The van der Waals surface area contributed by atoms with Gasteiger partial charge in [0.2, 0.25) is 0 Å². The molecule has 1 fully saturated rings. The highest BCUT2D eigenvalue weighted by Gasteiger charge is 2.32. The lowest BCUT2D eigenvalue weighted by atomic mass is 9.96. The third-order valence-corrected chi connectivity index (χ3v) is 5.61. The van der Waals surface area contributed by atoms with Gasteiger partial charge in [0, 0.05) is 12.1 Å². The van der Waals surface area contributed by atoms with E-state index in [1.807, 2.05) is 0 Å². The van der Waals surface area contributed by atoms with Crippen LogP contribution in [0.3, 0.4) is 0 Å². The molecular weight excluding hydrogens is 258 g/mol. The highest BCUT2D eigenvalue weighted by atomic mass is 16.3. The molecule has 1 aromatic carbocycles. The van der Waals surface area contributed by atoms with Crippen LogP contribution in [0.5, 0.6) is 0 Å². The standard InChI is InChI=1S/C19H29NO/c1-20(16-11-4-2-3-5-12-16)18-14-8-10-15-9-6-7-13-17(15)19(18)21/h6-7,9,13,16,18-19,21H,2-5,8,10-12,14H2,1H3. The molecule has 0 spiro atoms. The number of nitrogens with zero attached hydrogens (tertiary/aromatic N) is 1. The Labute approximate surface area is 129 Å². The van der Waals surface area contributed by atoms with Gasteiger partial charge in [-0.15, -0.1) is 0 Å². The molecule has 2 unspecified atom stereocenters. The normalized spacial score (nSPS) is 28.0. The number of likely N-dealkylation sites (N-methyl/N-ethyl adjacent to an activating group) is 1. The van der Waals surface area contributed by atoms with Gasteiger partial charge in [-0.2, -0.15) is 0 Å². The summed E-state index contributed by atoms with van der Waals surface area (Å²) in [6, 6.07) is 9.43. The monoisotopic (exact) mass is 287 g/mol. The van der Waals surface area contributed by atoms with E-state index in [0.717, 1.165) is 12.8 Å². The van der Waals surface area contributed by atoms with E-state index in [-0.39, 0.29) is 12.1 Å². The van der Waals surface area contributed by atoms with Gasteiger partial charge in [-0.05, 0) is 50.3 Å². The smallest absolute Gasteiger partial charge is 0.0947 e. The van der Waals surface area contributed by atoms with Crippen LogP contribution in [0.25, 0.3) is 0 Å². The van der Waals surface area contributed by atoms with E-state index in [4.69, 9.17) is 0 Å². The number of aliphatic hydroxyl groups is 1. The van der Waals surface area contributed by atoms with Crippen molar-refractivity contribution in [3.8, 4) is 0 Å². The molecule has 0 amide bonds. The number of benzene rings is 1. The van der Waals surface area contributed by atoms with Crippen LogP contribution in [0.2, 0.25) is 0 Å². The summed E-state index contributed by atoms with van der Waals surface area (Å²) in [5, 5.41) is 10.9. The van der Waals surface area contributed by atoms with Gasteiger partial charge in [-0.25, -0.2) is 0 Å². The zero-order valence-corrected chi connectivity index (χ0v) is 13.3. The highest BCUT2D eigenvalue weighted by Crippen LogP contribution is 2.34. The Kier molecular flexibility index (Phi) is 4.97. The lowest BCUT2D eigenvalue weighted by Gasteiger charge is -2.37. The minimum Gasteiger partial charge on any atom is -0.387 e. The third kappa shape index (κ3) is 3.32. The van der Waals surface area contributed by atoms with Gasteiger partial charge in [0.15, 0.2) is 0 Å². The van der Waals surface area contributed by atoms with E-state index in [1.54, 1.807) is 0 Å². The largest absolute Gasteiger partial charge is 0.387 e. The van der Waals surface area contributed by atoms with E-state index in [0.29, 0.717) is 6.04 Å². The van der Waals surface area contributed by atoms with Crippen molar-refractivity contribution in [1.29, 1.82) is 0 Å². The Hall–Kier alpha value is -0.860. The summed E-state index contributed by atoms with van der Waals surface area (Å²) in [6.07, 6.45) is 11.2. The molecule has 2 atom stereocenters. The summed E-state index contributed by atoms with van der Waals surface area (Å²) in [5.41, 5.74) is 2.52. The average molecular weight is 287 g/mol. The number of aliphatic hydroxyl groups excluding tert-OH is 1. The fourth-order valence-corrected chi connectivity index (χ4v) is 4.28. The predicted octanol–water partition coefficient (Wildman–Crippen LogP) is 4.08. The van der Waals surface area contributed by atoms with Crippen LogP contribution >= 0.6 is 0 Å². The SMILES string of the molecule is CN(C1CCCCCC1)C1CCCc2ccccc2C1O. The molecule has 1 aromatic rings. The van der Waals surface area contributed by atoms with Gasteiger partial charge in [-0.3, -0.25) is 4.90 Å². The Balaban J connectivity index is 1.78. The van der Waals surface area contributed by atoms with Gasteiger partial charge in [-0.1, -0.05) is 49.9 Å². The van der Waals surface area contributed by atoms with Gasteiger partial charge in [0.25, 0.3) is 0 Å². The average Bonchev–Trinajstić information content (AvgIpc) is 2.87. The van der Waals surface area contributed by atoms with Crippen LogP contribution in [0.15, 0.2) is 24.3 Å². The van der Waals surface area contributed by atoms with Crippen LogP contribution in [0.1, 0.15) is 68.6 Å². The second kappa shape index (κ2) is 6.93. The van der Waals surface area contributed by atoms with Crippen LogP contribution < -0.4 is 0 Å². The highest BCUT2D eigenvalue weighted by molar-refractivity contribution is 5.31. The molecule has 0 aromatic heterocycles. The maximum atomic E-state index is 10.9. The lowest BCUT2D eigenvalue weighted by Crippen LogP contribution is -2.43. The van der Waals surface area contributed by atoms with Crippen LogP contribution in [-0.2, 0) is 6.42 Å². The number of aryl methyl sites for hydroxylation is 1. The van der Waals surface area contributed by atoms with Crippen LogP contribution in [-0.4, -0.2) is 29.1 Å². The molecule has 2 heteroatoms. The Morgan fingerprint density at radius 1 is 0.952 bits per heavy atom. The van der Waals surface area contributed by atoms with Crippen molar-refractivity contribution in [2.45, 2.75) is 76.0 Å². The molecule has 1 N–H and O–H groups in total. The lowest BCUT2D eigenvalue weighted by molar-refractivity contribution is 0.0321. The number of hydrogen-bond acceptors (Lipinski definition) is 2. The molecule has 0 heterocycles. The summed E-state index contributed by atoms with van der Waals surface area (Å²) in [7, 11) is 2.25. The van der Waals surface area contributed by atoms with Gasteiger partial charge in [0.1, 0.15) is 0 Å². The van der Waals surface area contributed by atoms with E-state index < -0.39 is 0 Å². The van der Waals surface area contributed by atoms with E-state index in [9.17, 15) is 5.11 Å². The Morgan fingerprint density at radius 2 is 1.67 bits per heavy atom. The molecule has 21 heavy (non-hydrogen) atoms. The molecule has 0 bridgehead atoms. The van der Waals surface area contributed by atoms with Gasteiger partial charge < -0.3 is 5.11 Å². The molecule has 0 saturated heterocycles. The Morgan fingerprint density at radius 3 is 2.43 bits per heavy atom. The summed E-state index contributed by atoms with van der Waals surface area (Å²) in [6.45, 7) is 0. The minimum absolute atomic E-state index is 0.289. The fraction of sp³-hybridized carbons (Fsp3) is 0.684. The summed E-state index contributed by atoms with van der Waals surface area (Å²) in [5.74, 6) is 0. The van der Waals surface area contributed by atoms with Crippen molar-refractivity contribution in [3.05, 3.63) is 35.4 Å². The maximum absolute atomic E-state index is 10.9. The second-order valence-electron chi connectivity index (χ2n) is 6.91. The fourth-order valence-electron chi connectivity index (χ4n) is 4.28. The quantitative estimate of drug-likeness (QED) is 0.654. The summed E-state index contributed by atoms with van der Waals surface area (Å²) < 4.78 is 0. The van der Waals surface area contributed by atoms with E-state index >= 15 is 0 Å². The number of rotatable bonds is 2. The van der Waals surface area contributed by atoms with Crippen molar-refractivity contribution in [2.75, 3.05) is 7.05 Å². The molecule has 2 nitrogen and oxygen atoms in total. The zero-order chi connectivity index (χ0) is 14.7. The first-order valence-corrected chi connectivity index (χ1v) is 8.75. The molecule has 2 aliphatic carbocycles. The van der Waals surface area contributed by atoms with Gasteiger partial charge >= 0.3 is 0 Å². The second-order valence-corrected chi connectivity index (χ2v) is 6.91. The molecule has 3 rings (SSSR count). The third-order valence-electron chi connectivity index (χ3n) is 5.61. The topological polar surface area (TPSA) is 23.5 Å². The van der Waals surface area contributed by atoms with Crippen molar-refractivity contribution < 1.29 is 5.11 Å². The Bertz CT molecular complexity index is 451. The first kappa shape index (κ1) is 15.1. The summed E-state index contributed by atoms with van der Waals surface area (Å²) >= 11 is 0. The van der Waals surface area contributed by atoms with Crippen molar-refractivity contribution >= 4 is 0 Å². The summed E-state index contributed by atoms with van der Waals surface area (Å²) in [4.78, 5) is 2.51. The van der Waals surface area contributed by atoms with Crippen LogP contribution in [0.4, 0.5) is 0 Å². The molecule has 116 valence electrons. The molecule has 0 aliphatic heterocycles. The number of hydrogen-bond donors (Lipinski definition) is 1. The minimum atomic E-state index is -0.322. The molecule has 2 aliphatic rings. The predicted molar refractivity (Wildman–Crippen MR) is 87.4 cm³/mol. The van der Waals surface area contributed by atoms with E-state index in [2.05, 4.69) is 36.2 Å². The maximum Gasteiger partial charge on any atom is 0.0947 e. The molecular formula is C19H29NO. The first-order chi connectivity index (χ1) is 10.3.